The van der Waals surface area contributed by atoms with Crippen LogP contribution >= 0.6 is 12.2 Å². The van der Waals surface area contributed by atoms with Gasteiger partial charge < -0.3 is 18.9 Å². The Kier molecular flexibility index (Phi) is 6.39. The third-order valence-corrected chi connectivity index (χ3v) is 5.55. The van der Waals surface area contributed by atoms with Gasteiger partial charge in [0, 0.05) is 32.1 Å². The average molecular weight is 414 g/mol. The first-order valence-electron chi connectivity index (χ1n) is 9.61. The lowest BCUT2D eigenvalue weighted by Gasteiger charge is -2.16. The molecule has 0 saturated carbocycles. The van der Waals surface area contributed by atoms with Gasteiger partial charge in [0.05, 0.1) is 18.9 Å². The van der Waals surface area contributed by atoms with E-state index in [2.05, 4.69) is 24.5 Å². The second-order valence-electron chi connectivity index (χ2n) is 6.91. The molecule has 1 amide bonds. The first kappa shape index (κ1) is 21.1. The van der Waals surface area contributed by atoms with Crippen molar-refractivity contribution in [3.8, 4) is 5.75 Å². The largest absolute Gasteiger partial charge is 0.494 e. The number of rotatable bonds is 7. The number of ether oxygens (including phenoxy) is 2. The lowest BCUT2D eigenvalue weighted by Crippen LogP contribution is -2.31. The Hall–Kier alpha value is -2.64. The van der Waals surface area contributed by atoms with Gasteiger partial charge in [-0.2, -0.15) is 0 Å². The zero-order valence-corrected chi connectivity index (χ0v) is 18.4. The highest BCUT2D eigenvalue weighted by Gasteiger charge is 2.37. The molecule has 1 fully saturated rings. The number of methoxy groups -OCH3 is 1. The van der Waals surface area contributed by atoms with Gasteiger partial charge in [-0.05, 0) is 75.0 Å². The summed E-state index contributed by atoms with van der Waals surface area (Å²) in [5, 5.41) is 0.457. The third kappa shape index (κ3) is 4.06. The Morgan fingerprint density at radius 3 is 2.48 bits per heavy atom. The van der Waals surface area contributed by atoms with Crippen molar-refractivity contribution in [3.63, 3.8) is 0 Å². The van der Waals surface area contributed by atoms with Crippen LogP contribution in [-0.4, -0.2) is 47.9 Å². The van der Waals surface area contributed by atoms with Crippen LogP contribution in [0, 0.1) is 13.8 Å². The topological polar surface area (TPSA) is 46.9 Å². The van der Waals surface area contributed by atoms with Crippen LogP contribution in [0.25, 0.3) is 6.08 Å². The van der Waals surface area contributed by atoms with Gasteiger partial charge >= 0.3 is 0 Å². The number of carbonyl (C=O) groups is 1. The molecule has 29 heavy (non-hydrogen) atoms. The average Bonchev–Trinajstić information content (AvgIpc) is 3.09. The predicted molar refractivity (Wildman–Crippen MR) is 119 cm³/mol. The number of hydrogen-bond acceptors (Lipinski definition) is 4. The molecule has 0 radical (unpaired) electrons. The first-order chi connectivity index (χ1) is 13.9. The predicted octanol–water partition coefficient (Wildman–Crippen LogP) is 3.75. The summed E-state index contributed by atoms with van der Waals surface area (Å²) in [7, 11) is 3.52. The van der Waals surface area contributed by atoms with E-state index in [0.29, 0.717) is 24.0 Å². The molecule has 0 unspecified atom stereocenters. The van der Waals surface area contributed by atoms with Crippen molar-refractivity contribution in [3.05, 3.63) is 53.0 Å². The Morgan fingerprint density at radius 1 is 1.17 bits per heavy atom. The van der Waals surface area contributed by atoms with Crippen LogP contribution in [0.15, 0.2) is 36.0 Å². The minimum absolute atomic E-state index is 0.136. The van der Waals surface area contributed by atoms with Gasteiger partial charge in [0.15, 0.2) is 5.11 Å². The molecule has 7 heteroatoms. The van der Waals surface area contributed by atoms with E-state index in [1.165, 1.54) is 0 Å². The van der Waals surface area contributed by atoms with Gasteiger partial charge in [-0.15, -0.1) is 0 Å². The molecule has 0 N–H and O–H groups in total. The molecular formula is C22H27N3O3S. The molecule has 1 aromatic carbocycles. The van der Waals surface area contributed by atoms with Crippen molar-refractivity contribution < 1.29 is 14.3 Å². The minimum atomic E-state index is -0.136. The maximum absolute atomic E-state index is 13.2. The molecule has 1 aromatic heterocycles. The van der Waals surface area contributed by atoms with Crippen molar-refractivity contribution >= 4 is 35.0 Å². The highest BCUT2D eigenvalue weighted by Crippen LogP contribution is 2.30. The quantitative estimate of drug-likeness (QED) is 0.511. The lowest BCUT2D eigenvalue weighted by atomic mass is 10.2. The Morgan fingerprint density at radius 2 is 1.86 bits per heavy atom. The van der Waals surface area contributed by atoms with Crippen LogP contribution in [-0.2, 0) is 16.1 Å². The van der Waals surface area contributed by atoms with Crippen LogP contribution in [0.2, 0.25) is 0 Å². The number of aromatic nitrogens is 1. The number of thiocarbonyl (C=S) groups is 1. The lowest BCUT2D eigenvalue weighted by molar-refractivity contribution is -0.114. The summed E-state index contributed by atoms with van der Waals surface area (Å²) in [6, 6.07) is 9.48. The van der Waals surface area contributed by atoms with Gasteiger partial charge in [0.1, 0.15) is 11.4 Å². The van der Waals surface area contributed by atoms with Gasteiger partial charge in [-0.3, -0.25) is 9.69 Å². The van der Waals surface area contributed by atoms with Gasteiger partial charge in [0.25, 0.3) is 5.91 Å². The second-order valence-corrected chi connectivity index (χ2v) is 7.27. The Labute approximate surface area is 177 Å². The number of aryl methyl sites for hydroxylation is 1. The van der Waals surface area contributed by atoms with Crippen LogP contribution in [0.5, 0.6) is 5.75 Å². The van der Waals surface area contributed by atoms with E-state index in [9.17, 15) is 4.79 Å². The number of benzene rings is 1. The minimum Gasteiger partial charge on any atom is -0.494 e. The SMILES string of the molecule is CCOc1ccc(N2C(=O)/C(=C/c3cc(C)n(CCOC)c3C)N(C)C2=S)cc1. The van der Waals surface area contributed by atoms with E-state index in [-0.39, 0.29) is 5.91 Å². The van der Waals surface area contributed by atoms with Crippen LogP contribution in [0.3, 0.4) is 0 Å². The Bertz CT molecular complexity index is 947. The molecule has 6 nitrogen and oxygen atoms in total. The molecule has 2 aromatic rings. The second kappa shape index (κ2) is 8.80. The molecule has 1 aliphatic heterocycles. The van der Waals surface area contributed by atoms with Crippen LogP contribution in [0.4, 0.5) is 5.69 Å². The molecule has 0 aliphatic carbocycles. The van der Waals surface area contributed by atoms with Crippen molar-refractivity contribution in [2.75, 3.05) is 32.3 Å². The first-order valence-corrected chi connectivity index (χ1v) is 10.0. The number of likely N-dealkylation sites (N-methyl/N-ethyl adjacent to an activating group) is 1. The maximum Gasteiger partial charge on any atom is 0.281 e. The van der Waals surface area contributed by atoms with E-state index in [1.807, 2.05) is 44.3 Å². The molecule has 0 spiro atoms. The number of carbonyl (C=O) groups excluding carboxylic acids is 1. The summed E-state index contributed by atoms with van der Waals surface area (Å²) in [6.45, 7) is 8.06. The summed E-state index contributed by atoms with van der Waals surface area (Å²) in [5.74, 6) is 0.629. The fourth-order valence-electron chi connectivity index (χ4n) is 3.49. The van der Waals surface area contributed by atoms with E-state index in [4.69, 9.17) is 21.7 Å². The van der Waals surface area contributed by atoms with E-state index < -0.39 is 0 Å². The molecule has 1 aliphatic rings. The Balaban J connectivity index is 1.91. The summed E-state index contributed by atoms with van der Waals surface area (Å²) < 4.78 is 12.9. The summed E-state index contributed by atoms with van der Waals surface area (Å²) in [4.78, 5) is 16.5. The summed E-state index contributed by atoms with van der Waals surface area (Å²) in [5.41, 5.74) is 4.51. The van der Waals surface area contributed by atoms with Crippen LogP contribution in [0.1, 0.15) is 23.9 Å². The molecule has 3 rings (SSSR count). The number of nitrogens with zero attached hydrogens (tertiary/aromatic N) is 3. The fraction of sp³-hybridized carbons (Fsp3) is 0.364. The zero-order chi connectivity index (χ0) is 21.1. The fourth-order valence-corrected chi connectivity index (χ4v) is 3.78. The summed E-state index contributed by atoms with van der Waals surface area (Å²) >= 11 is 5.56. The highest BCUT2D eigenvalue weighted by atomic mass is 32.1. The zero-order valence-electron chi connectivity index (χ0n) is 17.6. The maximum atomic E-state index is 13.2. The van der Waals surface area contributed by atoms with Gasteiger partial charge in [0.2, 0.25) is 0 Å². The molecule has 2 heterocycles. The normalized spacial score (nSPS) is 15.7. The molecule has 0 atom stereocenters. The smallest absolute Gasteiger partial charge is 0.281 e. The standard InChI is InChI=1S/C22H27N3O3S/c1-6-28-19-9-7-18(8-10-19)25-21(26)20(23(4)22(25)29)14-17-13-15(2)24(16(17)3)11-12-27-5/h7-10,13-14H,6,11-12H2,1-5H3/b20-14-. The van der Waals surface area contributed by atoms with Gasteiger partial charge in [-0.1, -0.05) is 0 Å². The van der Waals surface area contributed by atoms with E-state index in [1.54, 1.807) is 16.9 Å². The molecule has 0 bridgehead atoms. The van der Waals surface area contributed by atoms with Crippen molar-refractivity contribution in [2.45, 2.75) is 27.3 Å². The molecule has 154 valence electrons. The summed E-state index contributed by atoms with van der Waals surface area (Å²) in [6.07, 6.45) is 1.91. The van der Waals surface area contributed by atoms with E-state index >= 15 is 0 Å². The monoisotopic (exact) mass is 413 g/mol. The van der Waals surface area contributed by atoms with Crippen molar-refractivity contribution in [1.82, 2.24) is 9.47 Å². The number of hydrogen-bond donors (Lipinski definition) is 0. The molecule has 1 saturated heterocycles. The van der Waals surface area contributed by atoms with Crippen LogP contribution < -0.4 is 9.64 Å². The third-order valence-electron chi connectivity index (χ3n) is 5.09. The van der Waals surface area contributed by atoms with Crippen molar-refractivity contribution in [1.29, 1.82) is 0 Å². The number of amides is 1. The molecular weight excluding hydrogens is 386 g/mol. The van der Waals surface area contributed by atoms with E-state index in [0.717, 1.165) is 34.9 Å². The van der Waals surface area contributed by atoms with Gasteiger partial charge in [-0.25, -0.2) is 0 Å². The van der Waals surface area contributed by atoms with Crippen molar-refractivity contribution in [2.24, 2.45) is 0 Å². The number of anilines is 1. The highest BCUT2D eigenvalue weighted by molar-refractivity contribution is 7.80.